The molecule has 1 atom stereocenters. The van der Waals surface area contributed by atoms with Gasteiger partial charge in [-0.1, -0.05) is 28.1 Å². The van der Waals surface area contributed by atoms with Crippen molar-refractivity contribution in [2.45, 2.75) is 13.0 Å². The number of halogens is 1. The van der Waals surface area contributed by atoms with Crippen LogP contribution in [0.15, 0.2) is 18.2 Å². The van der Waals surface area contributed by atoms with E-state index in [0.29, 0.717) is 23.2 Å². The Labute approximate surface area is 96.5 Å². The van der Waals surface area contributed by atoms with Crippen molar-refractivity contribution in [3.63, 3.8) is 0 Å². The van der Waals surface area contributed by atoms with E-state index in [4.69, 9.17) is 9.47 Å². The van der Waals surface area contributed by atoms with Crippen LogP contribution in [0.1, 0.15) is 15.9 Å². The first-order valence-corrected chi connectivity index (χ1v) is 5.84. The molecule has 0 aliphatic carbocycles. The molecule has 15 heavy (non-hydrogen) atoms. The number of alkyl halides is 1. The van der Waals surface area contributed by atoms with Gasteiger partial charge >= 0.3 is 5.97 Å². The Balaban J connectivity index is 2.39. The summed E-state index contributed by atoms with van der Waals surface area (Å²) in [5.74, 6) is 0.335. The molecule has 0 amide bonds. The van der Waals surface area contributed by atoms with Crippen LogP contribution in [0.2, 0.25) is 0 Å². The first kappa shape index (κ1) is 10.5. The second-order valence-electron chi connectivity index (χ2n) is 3.44. The second-order valence-corrected chi connectivity index (χ2v) is 4.09. The molecule has 0 fully saturated rings. The van der Waals surface area contributed by atoms with Gasteiger partial charge in [-0.3, -0.25) is 0 Å². The van der Waals surface area contributed by atoms with Crippen LogP contribution in [0.25, 0.3) is 0 Å². The number of carbonyl (C=O) groups excluding carboxylic acids is 1. The summed E-state index contributed by atoms with van der Waals surface area (Å²) in [7, 11) is 0. The summed E-state index contributed by atoms with van der Waals surface area (Å²) >= 11 is 3.28. The molecule has 1 aliphatic heterocycles. The Morgan fingerprint density at radius 2 is 2.33 bits per heavy atom. The van der Waals surface area contributed by atoms with Crippen LogP contribution >= 0.6 is 15.9 Å². The minimum atomic E-state index is -0.310. The predicted octanol–water partition coefficient (Wildman–Crippen LogP) is 2.31. The highest BCUT2D eigenvalue weighted by atomic mass is 79.9. The lowest BCUT2D eigenvalue weighted by Gasteiger charge is -2.10. The van der Waals surface area contributed by atoms with Gasteiger partial charge in [-0.05, 0) is 18.6 Å². The van der Waals surface area contributed by atoms with Crippen LogP contribution in [-0.2, 0) is 4.74 Å². The largest absolute Gasteiger partial charge is 0.489 e. The fourth-order valence-corrected chi connectivity index (χ4v) is 1.83. The lowest BCUT2D eigenvalue weighted by molar-refractivity contribution is 0.0302. The van der Waals surface area contributed by atoms with Crippen LogP contribution in [-0.4, -0.2) is 24.0 Å². The minimum Gasteiger partial charge on any atom is -0.489 e. The monoisotopic (exact) mass is 270 g/mol. The van der Waals surface area contributed by atoms with Crippen molar-refractivity contribution >= 4 is 21.9 Å². The average Bonchev–Trinajstić information content (AvgIpc) is 2.40. The molecule has 0 bridgehead atoms. The number of rotatable bonds is 1. The maximum atomic E-state index is 11.7. The second kappa shape index (κ2) is 4.23. The minimum absolute atomic E-state index is 0.218. The number of fused-ring (bicyclic) bond motifs is 1. The fourth-order valence-electron chi connectivity index (χ4n) is 1.51. The molecule has 1 aliphatic rings. The van der Waals surface area contributed by atoms with Gasteiger partial charge in [-0.15, -0.1) is 0 Å². The maximum absolute atomic E-state index is 11.7. The topological polar surface area (TPSA) is 35.5 Å². The molecule has 1 aromatic rings. The third-order valence-corrected chi connectivity index (χ3v) is 3.01. The number of benzene rings is 1. The molecule has 2 rings (SSSR count). The molecule has 1 heterocycles. The molecule has 0 aromatic heterocycles. The van der Waals surface area contributed by atoms with Crippen LogP contribution < -0.4 is 4.74 Å². The van der Waals surface area contributed by atoms with Gasteiger partial charge in [0.2, 0.25) is 0 Å². The van der Waals surface area contributed by atoms with E-state index in [9.17, 15) is 4.79 Å². The summed E-state index contributed by atoms with van der Waals surface area (Å²) in [6, 6.07) is 5.47. The van der Waals surface area contributed by atoms with E-state index < -0.39 is 0 Å². The van der Waals surface area contributed by atoms with Gasteiger partial charge in [0.05, 0.1) is 0 Å². The first-order chi connectivity index (χ1) is 7.22. The van der Waals surface area contributed by atoms with Gasteiger partial charge in [0.15, 0.2) is 0 Å². The summed E-state index contributed by atoms with van der Waals surface area (Å²) in [5.41, 5.74) is 1.47. The Morgan fingerprint density at radius 3 is 3.07 bits per heavy atom. The van der Waals surface area contributed by atoms with E-state index in [1.54, 1.807) is 6.07 Å². The number of hydrogen-bond acceptors (Lipinski definition) is 3. The molecule has 80 valence electrons. The number of para-hydroxylation sites is 1. The van der Waals surface area contributed by atoms with Crippen molar-refractivity contribution < 1.29 is 14.3 Å². The molecule has 0 saturated heterocycles. The number of hydrogen-bond donors (Lipinski definition) is 0. The average molecular weight is 271 g/mol. The van der Waals surface area contributed by atoms with Crippen molar-refractivity contribution in [3.05, 3.63) is 29.3 Å². The molecule has 0 radical (unpaired) electrons. The number of aryl methyl sites for hydroxylation is 1. The van der Waals surface area contributed by atoms with Gasteiger partial charge in [-0.2, -0.15) is 0 Å². The highest BCUT2D eigenvalue weighted by Crippen LogP contribution is 2.27. The molecule has 1 aromatic carbocycles. The van der Waals surface area contributed by atoms with E-state index in [2.05, 4.69) is 15.9 Å². The summed E-state index contributed by atoms with van der Waals surface area (Å²) < 4.78 is 10.8. The zero-order valence-corrected chi connectivity index (χ0v) is 9.91. The highest BCUT2D eigenvalue weighted by molar-refractivity contribution is 9.09. The molecule has 1 unspecified atom stereocenters. The quantitative estimate of drug-likeness (QED) is 0.580. The molecule has 3 nitrogen and oxygen atoms in total. The van der Waals surface area contributed by atoms with Gasteiger partial charge < -0.3 is 9.47 Å². The number of esters is 1. The van der Waals surface area contributed by atoms with Gasteiger partial charge in [0, 0.05) is 5.33 Å². The lowest BCUT2D eigenvalue weighted by Crippen LogP contribution is -2.23. The SMILES string of the molecule is Cc1cccc2c1OCC(CBr)OC2=O. The Bertz CT molecular complexity index is 389. The highest BCUT2D eigenvalue weighted by Gasteiger charge is 2.24. The number of cyclic esters (lactones) is 1. The van der Waals surface area contributed by atoms with Crippen molar-refractivity contribution in [2.24, 2.45) is 0 Å². The van der Waals surface area contributed by atoms with Crippen molar-refractivity contribution in [1.82, 2.24) is 0 Å². The zero-order chi connectivity index (χ0) is 10.8. The Kier molecular flexibility index (Phi) is 2.95. The maximum Gasteiger partial charge on any atom is 0.342 e. The molecule has 4 heteroatoms. The number of carbonyl (C=O) groups is 1. The standard InChI is InChI=1S/C11H11BrO3/c1-7-3-2-4-9-10(7)14-6-8(5-12)15-11(9)13/h2-4,8H,5-6H2,1H3. The van der Waals surface area contributed by atoms with E-state index in [0.717, 1.165) is 5.56 Å². The van der Waals surface area contributed by atoms with Crippen LogP contribution in [0.4, 0.5) is 0 Å². The van der Waals surface area contributed by atoms with Gasteiger partial charge in [0.25, 0.3) is 0 Å². The fraction of sp³-hybridized carbons (Fsp3) is 0.364. The summed E-state index contributed by atoms with van der Waals surface area (Å²) in [6.45, 7) is 2.31. The molecule has 0 spiro atoms. The van der Waals surface area contributed by atoms with Crippen LogP contribution in [0, 0.1) is 6.92 Å². The Hall–Kier alpha value is -1.03. The third kappa shape index (κ3) is 2.00. The van der Waals surface area contributed by atoms with Crippen LogP contribution in [0.5, 0.6) is 5.75 Å². The van der Waals surface area contributed by atoms with E-state index in [-0.39, 0.29) is 12.1 Å². The summed E-state index contributed by atoms with van der Waals surface area (Å²) in [5, 5.41) is 0.589. The van der Waals surface area contributed by atoms with E-state index in [1.807, 2.05) is 19.1 Å². The predicted molar refractivity (Wildman–Crippen MR) is 59.7 cm³/mol. The summed E-state index contributed by atoms with van der Waals surface area (Å²) in [6.07, 6.45) is -0.218. The van der Waals surface area contributed by atoms with E-state index in [1.165, 1.54) is 0 Å². The van der Waals surface area contributed by atoms with Crippen molar-refractivity contribution in [1.29, 1.82) is 0 Å². The lowest BCUT2D eigenvalue weighted by atomic mass is 10.1. The smallest absolute Gasteiger partial charge is 0.342 e. The normalized spacial score (nSPS) is 19.9. The molecule has 0 N–H and O–H groups in total. The molecule has 0 saturated carbocycles. The van der Waals surface area contributed by atoms with Gasteiger partial charge in [0.1, 0.15) is 24.0 Å². The molecular formula is C11H11BrO3. The van der Waals surface area contributed by atoms with Gasteiger partial charge in [-0.25, -0.2) is 4.79 Å². The van der Waals surface area contributed by atoms with Crippen LogP contribution in [0.3, 0.4) is 0 Å². The number of ether oxygens (including phenoxy) is 2. The molecular weight excluding hydrogens is 260 g/mol. The zero-order valence-electron chi connectivity index (χ0n) is 8.33. The van der Waals surface area contributed by atoms with E-state index >= 15 is 0 Å². The third-order valence-electron chi connectivity index (χ3n) is 2.29. The van der Waals surface area contributed by atoms with Crippen molar-refractivity contribution in [3.8, 4) is 5.75 Å². The first-order valence-electron chi connectivity index (χ1n) is 4.71. The Morgan fingerprint density at radius 1 is 1.53 bits per heavy atom. The summed E-state index contributed by atoms with van der Waals surface area (Å²) in [4.78, 5) is 11.7. The van der Waals surface area contributed by atoms with Crippen molar-refractivity contribution in [2.75, 3.05) is 11.9 Å².